The highest BCUT2D eigenvalue weighted by atomic mass is 16.5. The van der Waals surface area contributed by atoms with Gasteiger partial charge in [0, 0.05) is 0 Å². The number of aryl methyl sites for hydroxylation is 2. The monoisotopic (exact) mass is 341 g/mol. The number of rotatable bonds is 9. The predicted octanol–water partition coefficient (Wildman–Crippen LogP) is 3.91. The Morgan fingerprint density at radius 2 is 1.64 bits per heavy atom. The van der Waals surface area contributed by atoms with Gasteiger partial charge in [-0.2, -0.15) is 0 Å². The van der Waals surface area contributed by atoms with Crippen molar-refractivity contribution in [3.63, 3.8) is 0 Å². The summed E-state index contributed by atoms with van der Waals surface area (Å²) in [5.41, 5.74) is 2.44. The van der Waals surface area contributed by atoms with E-state index in [4.69, 9.17) is 9.47 Å². The molecule has 25 heavy (non-hydrogen) atoms. The Hall–Kier alpha value is -2.49. The molecule has 0 spiro atoms. The molecule has 0 saturated carbocycles. The Balaban J connectivity index is 1.74. The van der Waals surface area contributed by atoms with E-state index in [0.29, 0.717) is 25.3 Å². The normalized spacial score (nSPS) is 11.6. The van der Waals surface area contributed by atoms with E-state index in [1.54, 1.807) is 0 Å². The SMILES string of the molecule is CCc1ccc(OCCNC(=O)C(CC)Oc2ccc(C)cc2)cc1. The van der Waals surface area contributed by atoms with Crippen molar-refractivity contribution in [3.05, 3.63) is 59.7 Å². The number of nitrogens with one attached hydrogen (secondary N) is 1. The van der Waals surface area contributed by atoms with Gasteiger partial charge in [0.25, 0.3) is 5.91 Å². The van der Waals surface area contributed by atoms with Crippen LogP contribution in [-0.2, 0) is 11.2 Å². The number of hydrogen-bond donors (Lipinski definition) is 1. The predicted molar refractivity (Wildman–Crippen MR) is 100 cm³/mol. The highest BCUT2D eigenvalue weighted by Gasteiger charge is 2.17. The largest absolute Gasteiger partial charge is 0.492 e. The van der Waals surface area contributed by atoms with Gasteiger partial charge >= 0.3 is 0 Å². The van der Waals surface area contributed by atoms with Gasteiger partial charge in [0.2, 0.25) is 0 Å². The number of carbonyl (C=O) groups is 1. The highest BCUT2D eigenvalue weighted by Crippen LogP contribution is 2.15. The van der Waals surface area contributed by atoms with Crippen molar-refractivity contribution in [2.75, 3.05) is 13.2 Å². The van der Waals surface area contributed by atoms with Crippen LogP contribution in [0.4, 0.5) is 0 Å². The molecule has 1 amide bonds. The van der Waals surface area contributed by atoms with Gasteiger partial charge < -0.3 is 14.8 Å². The minimum Gasteiger partial charge on any atom is -0.492 e. The van der Waals surface area contributed by atoms with Gasteiger partial charge in [0.1, 0.15) is 18.1 Å². The van der Waals surface area contributed by atoms with Crippen molar-refractivity contribution in [2.45, 2.75) is 39.7 Å². The first-order valence-corrected chi connectivity index (χ1v) is 8.85. The fourth-order valence-electron chi connectivity index (χ4n) is 2.38. The topological polar surface area (TPSA) is 47.6 Å². The smallest absolute Gasteiger partial charge is 0.261 e. The summed E-state index contributed by atoms with van der Waals surface area (Å²) in [6.07, 6.45) is 1.13. The standard InChI is InChI=1S/C21H27NO3/c1-4-17-8-12-18(13-9-17)24-15-14-22-21(23)20(5-2)25-19-10-6-16(3)7-11-19/h6-13,20H,4-5,14-15H2,1-3H3,(H,22,23). The molecule has 4 nitrogen and oxygen atoms in total. The second kappa shape index (κ2) is 9.72. The maximum atomic E-state index is 12.2. The summed E-state index contributed by atoms with van der Waals surface area (Å²) in [5.74, 6) is 1.40. The first kappa shape index (κ1) is 18.8. The van der Waals surface area contributed by atoms with E-state index in [-0.39, 0.29) is 5.91 Å². The summed E-state index contributed by atoms with van der Waals surface area (Å²) in [4.78, 5) is 12.2. The molecular formula is C21H27NO3. The van der Waals surface area contributed by atoms with Gasteiger partial charge in [-0.3, -0.25) is 4.79 Å². The molecule has 0 aliphatic rings. The lowest BCUT2D eigenvalue weighted by Gasteiger charge is -2.17. The van der Waals surface area contributed by atoms with Crippen LogP contribution in [0.25, 0.3) is 0 Å². The zero-order valence-electron chi connectivity index (χ0n) is 15.2. The van der Waals surface area contributed by atoms with Crippen LogP contribution in [0.2, 0.25) is 0 Å². The van der Waals surface area contributed by atoms with Crippen molar-refractivity contribution in [2.24, 2.45) is 0 Å². The zero-order chi connectivity index (χ0) is 18.1. The zero-order valence-corrected chi connectivity index (χ0v) is 15.2. The van der Waals surface area contributed by atoms with E-state index in [1.807, 2.05) is 50.2 Å². The summed E-state index contributed by atoms with van der Waals surface area (Å²) >= 11 is 0. The van der Waals surface area contributed by atoms with E-state index < -0.39 is 6.10 Å². The lowest BCUT2D eigenvalue weighted by molar-refractivity contribution is -0.128. The van der Waals surface area contributed by atoms with Crippen LogP contribution >= 0.6 is 0 Å². The molecule has 134 valence electrons. The van der Waals surface area contributed by atoms with E-state index >= 15 is 0 Å². The molecule has 4 heteroatoms. The molecule has 0 fully saturated rings. The first-order valence-electron chi connectivity index (χ1n) is 8.85. The lowest BCUT2D eigenvalue weighted by Crippen LogP contribution is -2.39. The highest BCUT2D eigenvalue weighted by molar-refractivity contribution is 5.81. The quantitative estimate of drug-likeness (QED) is 0.704. The Labute approximate surface area is 150 Å². The van der Waals surface area contributed by atoms with E-state index in [9.17, 15) is 4.79 Å². The molecule has 1 N–H and O–H groups in total. The average molecular weight is 341 g/mol. The molecular weight excluding hydrogens is 314 g/mol. The average Bonchev–Trinajstić information content (AvgIpc) is 2.65. The van der Waals surface area contributed by atoms with Crippen molar-refractivity contribution in [1.82, 2.24) is 5.32 Å². The van der Waals surface area contributed by atoms with Crippen LogP contribution < -0.4 is 14.8 Å². The molecule has 0 aliphatic heterocycles. The Kier molecular flexibility index (Phi) is 7.33. The Morgan fingerprint density at radius 3 is 2.24 bits per heavy atom. The van der Waals surface area contributed by atoms with Crippen LogP contribution in [0.15, 0.2) is 48.5 Å². The van der Waals surface area contributed by atoms with Crippen molar-refractivity contribution in [3.8, 4) is 11.5 Å². The number of hydrogen-bond acceptors (Lipinski definition) is 3. The minimum absolute atomic E-state index is 0.118. The van der Waals surface area contributed by atoms with Crippen LogP contribution in [0, 0.1) is 6.92 Å². The molecule has 0 aliphatic carbocycles. The van der Waals surface area contributed by atoms with Gasteiger partial charge in [-0.15, -0.1) is 0 Å². The summed E-state index contributed by atoms with van der Waals surface area (Å²) in [5, 5.41) is 2.87. The van der Waals surface area contributed by atoms with Crippen LogP contribution in [-0.4, -0.2) is 25.2 Å². The van der Waals surface area contributed by atoms with Gasteiger partial charge in [0.15, 0.2) is 6.10 Å². The molecule has 2 rings (SSSR count). The fraction of sp³-hybridized carbons (Fsp3) is 0.381. The molecule has 0 aromatic heterocycles. The van der Waals surface area contributed by atoms with Gasteiger partial charge in [-0.1, -0.05) is 43.7 Å². The van der Waals surface area contributed by atoms with Crippen LogP contribution in [0.1, 0.15) is 31.4 Å². The number of benzene rings is 2. The van der Waals surface area contributed by atoms with E-state index in [0.717, 1.165) is 17.7 Å². The third kappa shape index (κ3) is 6.14. The molecule has 0 heterocycles. The fourth-order valence-corrected chi connectivity index (χ4v) is 2.38. The third-order valence-corrected chi connectivity index (χ3v) is 3.96. The summed E-state index contributed by atoms with van der Waals surface area (Å²) in [6.45, 7) is 6.95. The molecule has 0 bridgehead atoms. The second-order valence-corrected chi connectivity index (χ2v) is 5.96. The van der Waals surface area contributed by atoms with Gasteiger partial charge in [0.05, 0.1) is 6.54 Å². The van der Waals surface area contributed by atoms with Crippen LogP contribution in [0.3, 0.4) is 0 Å². The maximum absolute atomic E-state index is 12.2. The van der Waals surface area contributed by atoms with Crippen LogP contribution in [0.5, 0.6) is 11.5 Å². The van der Waals surface area contributed by atoms with Gasteiger partial charge in [-0.05, 0) is 49.6 Å². The molecule has 0 radical (unpaired) electrons. The summed E-state index contributed by atoms with van der Waals surface area (Å²) in [6, 6.07) is 15.7. The lowest BCUT2D eigenvalue weighted by atomic mass is 10.2. The maximum Gasteiger partial charge on any atom is 0.261 e. The number of carbonyl (C=O) groups excluding carboxylic acids is 1. The van der Waals surface area contributed by atoms with E-state index in [1.165, 1.54) is 5.56 Å². The van der Waals surface area contributed by atoms with Crippen molar-refractivity contribution in [1.29, 1.82) is 0 Å². The molecule has 2 aromatic carbocycles. The summed E-state index contributed by atoms with van der Waals surface area (Å²) < 4.78 is 11.4. The van der Waals surface area contributed by atoms with Gasteiger partial charge in [-0.25, -0.2) is 0 Å². The van der Waals surface area contributed by atoms with E-state index in [2.05, 4.69) is 24.4 Å². The molecule has 0 saturated heterocycles. The van der Waals surface area contributed by atoms with Crippen molar-refractivity contribution >= 4 is 5.91 Å². The molecule has 1 unspecified atom stereocenters. The number of ether oxygens (including phenoxy) is 2. The number of amides is 1. The van der Waals surface area contributed by atoms with Crippen molar-refractivity contribution < 1.29 is 14.3 Å². The summed E-state index contributed by atoms with van der Waals surface area (Å²) in [7, 11) is 0. The Morgan fingerprint density at radius 1 is 1.00 bits per heavy atom. The first-order chi connectivity index (χ1) is 12.1. The molecule has 2 aromatic rings. The Bertz CT molecular complexity index is 650. The minimum atomic E-state index is -0.494. The third-order valence-electron chi connectivity index (χ3n) is 3.96. The molecule has 1 atom stereocenters. The second-order valence-electron chi connectivity index (χ2n) is 5.96.